The highest BCUT2D eigenvalue weighted by Crippen LogP contribution is 2.44. The van der Waals surface area contributed by atoms with Crippen molar-refractivity contribution in [3.8, 4) is 11.5 Å². The number of aliphatic hydroxyl groups is 1. The number of benzene rings is 1. The molecule has 0 saturated heterocycles. The first kappa shape index (κ1) is 25.1. The molecular weight excluding hydrogens is 472 g/mol. The third kappa shape index (κ3) is 5.72. The van der Waals surface area contributed by atoms with Crippen LogP contribution in [0.2, 0.25) is 0 Å². The average Bonchev–Trinajstić information content (AvgIpc) is 3.61. The first-order chi connectivity index (χ1) is 17.7. The minimum Gasteiger partial charge on any atom is -0.490 e. The molecule has 9 heteroatoms. The first-order valence-corrected chi connectivity index (χ1v) is 12.9. The summed E-state index contributed by atoms with van der Waals surface area (Å²) in [5, 5.41) is 17.8. The summed E-state index contributed by atoms with van der Waals surface area (Å²) in [5.74, 6) is 0.886. The monoisotopic (exact) mass is 506 g/mol. The van der Waals surface area contributed by atoms with E-state index in [1.165, 1.54) is 0 Å². The number of rotatable bonds is 9. The number of hydrogen-bond acceptors (Lipinski definition) is 6. The Balaban J connectivity index is 1.23. The van der Waals surface area contributed by atoms with Gasteiger partial charge in [-0.2, -0.15) is 5.10 Å². The van der Waals surface area contributed by atoms with Crippen LogP contribution in [0.1, 0.15) is 84.7 Å². The van der Waals surface area contributed by atoms with Crippen LogP contribution >= 0.6 is 0 Å². The molecule has 0 bridgehead atoms. The Labute approximate surface area is 215 Å². The van der Waals surface area contributed by atoms with Crippen LogP contribution < -0.4 is 20.5 Å². The number of carbonyl (C=O) groups is 2. The van der Waals surface area contributed by atoms with E-state index in [1.54, 1.807) is 38.2 Å². The van der Waals surface area contributed by atoms with Gasteiger partial charge in [0.05, 0.1) is 40.2 Å². The summed E-state index contributed by atoms with van der Waals surface area (Å²) in [6.45, 7) is 3.59. The molecule has 9 nitrogen and oxygen atoms in total. The normalized spacial score (nSPS) is 20.0. The predicted octanol–water partition coefficient (Wildman–Crippen LogP) is 3.58. The van der Waals surface area contributed by atoms with Gasteiger partial charge in [0.1, 0.15) is 18.1 Å². The Hall–Kier alpha value is -3.59. The van der Waals surface area contributed by atoms with Gasteiger partial charge in [0.15, 0.2) is 0 Å². The molecular formula is C28H34N4O5. The number of nitrogens with one attached hydrogen (secondary N) is 1. The number of pyridine rings is 1. The van der Waals surface area contributed by atoms with Crippen molar-refractivity contribution in [2.24, 2.45) is 5.73 Å². The maximum atomic E-state index is 13.2. The van der Waals surface area contributed by atoms with E-state index in [-0.39, 0.29) is 24.7 Å². The minimum absolute atomic E-state index is 0.0333. The van der Waals surface area contributed by atoms with Gasteiger partial charge in [0, 0.05) is 12.0 Å². The van der Waals surface area contributed by atoms with E-state index in [1.807, 2.05) is 22.7 Å². The smallest absolute Gasteiger partial charge is 0.255 e. The van der Waals surface area contributed by atoms with Gasteiger partial charge in [-0.15, -0.1) is 0 Å². The highest BCUT2D eigenvalue weighted by Gasteiger charge is 2.32. The van der Waals surface area contributed by atoms with E-state index >= 15 is 0 Å². The average molecular weight is 507 g/mol. The number of fused-ring (bicyclic) bond motifs is 1. The Kier molecular flexibility index (Phi) is 6.81. The minimum atomic E-state index is -0.944. The topological polar surface area (TPSA) is 128 Å². The number of nitrogens with zero attached hydrogens (tertiary/aromatic N) is 2. The molecule has 0 radical (unpaired) electrons. The lowest BCUT2D eigenvalue weighted by molar-refractivity contribution is 0.0279. The van der Waals surface area contributed by atoms with Crippen molar-refractivity contribution in [3.63, 3.8) is 0 Å². The maximum absolute atomic E-state index is 13.2. The van der Waals surface area contributed by atoms with Crippen LogP contribution in [0.25, 0.3) is 5.52 Å². The number of ether oxygens (including phenoxy) is 2. The van der Waals surface area contributed by atoms with Crippen LogP contribution in [-0.2, 0) is 0 Å². The fourth-order valence-electron chi connectivity index (χ4n) is 4.88. The molecule has 2 aromatic heterocycles. The number of hydrogen-bond donors (Lipinski definition) is 3. The Bertz CT molecular complexity index is 1300. The Morgan fingerprint density at radius 2 is 1.78 bits per heavy atom. The fourth-order valence-corrected chi connectivity index (χ4v) is 4.88. The van der Waals surface area contributed by atoms with Gasteiger partial charge in [-0.05, 0) is 76.6 Å². The van der Waals surface area contributed by atoms with Gasteiger partial charge >= 0.3 is 0 Å². The van der Waals surface area contributed by atoms with E-state index in [0.717, 1.165) is 49.7 Å². The Morgan fingerprint density at radius 3 is 2.46 bits per heavy atom. The van der Waals surface area contributed by atoms with E-state index in [9.17, 15) is 14.7 Å². The van der Waals surface area contributed by atoms with Crippen molar-refractivity contribution in [3.05, 3.63) is 59.4 Å². The summed E-state index contributed by atoms with van der Waals surface area (Å²) in [7, 11) is 0. The lowest BCUT2D eigenvalue weighted by Crippen LogP contribution is -2.39. The SMILES string of the molecule is CC(C)(O)COc1ccc2c(C(=O)N[C@H]3CC[C@H](Oc4ccccc4C(N)=O)CC3)cnn2c1C1CC1. The van der Waals surface area contributed by atoms with Gasteiger partial charge in [-0.1, -0.05) is 12.1 Å². The third-order valence-electron chi connectivity index (χ3n) is 6.92. The number of primary amides is 1. The number of nitrogens with two attached hydrogens (primary N) is 1. The van der Waals surface area contributed by atoms with Gasteiger partial charge in [-0.3, -0.25) is 9.59 Å². The molecule has 2 aliphatic carbocycles. The third-order valence-corrected chi connectivity index (χ3v) is 6.92. The molecule has 0 spiro atoms. The molecule has 3 aromatic rings. The molecule has 0 unspecified atom stereocenters. The predicted molar refractivity (Wildman–Crippen MR) is 138 cm³/mol. The van der Waals surface area contributed by atoms with Gasteiger partial charge < -0.3 is 25.6 Å². The molecule has 2 aliphatic rings. The lowest BCUT2D eigenvalue weighted by atomic mass is 9.92. The van der Waals surface area contributed by atoms with E-state index in [4.69, 9.17) is 15.2 Å². The van der Waals surface area contributed by atoms with Crippen molar-refractivity contribution in [2.75, 3.05) is 6.61 Å². The summed E-state index contributed by atoms with van der Waals surface area (Å²) in [5.41, 5.74) is 7.13. The molecule has 1 aromatic carbocycles. The second-order valence-electron chi connectivity index (χ2n) is 10.7. The second kappa shape index (κ2) is 10.0. The fraction of sp³-hybridized carbons (Fsp3) is 0.464. The maximum Gasteiger partial charge on any atom is 0.255 e. The molecule has 2 saturated carbocycles. The number of para-hydroxylation sites is 1. The van der Waals surface area contributed by atoms with Crippen LogP contribution in [-0.4, -0.2) is 50.9 Å². The van der Waals surface area contributed by atoms with Crippen molar-refractivity contribution in [1.82, 2.24) is 14.9 Å². The molecule has 4 N–H and O–H groups in total. The molecule has 0 aliphatic heterocycles. The van der Waals surface area contributed by atoms with Crippen LogP contribution in [0.5, 0.6) is 11.5 Å². The summed E-state index contributed by atoms with van der Waals surface area (Å²) in [4.78, 5) is 24.9. The molecule has 5 rings (SSSR count). The Morgan fingerprint density at radius 1 is 1.05 bits per heavy atom. The highest BCUT2D eigenvalue weighted by atomic mass is 16.5. The highest BCUT2D eigenvalue weighted by molar-refractivity contribution is 6.01. The van der Waals surface area contributed by atoms with Gasteiger partial charge in [0.2, 0.25) is 0 Å². The number of amides is 2. The molecule has 2 fully saturated rings. The van der Waals surface area contributed by atoms with Gasteiger partial charge in [-0.25, -0.2) is 4.52 Å². The van der Waals surface area contributed by atoms with Crippen LogP contribution in [0, 0.1) is 0 Å². The van der Waals surface area contributed by atoms with Crippen LogP contribution in [0.15, 0.2) is 42.6 Å². The number of carbonyl (C=O) groups excluding carboxylic acids is 2. The zero-order chi connectivity index (χ0) is 26.2. The largest absolute Gasteiger partial charge is 0.490 e. The van der Waals surface area contributed by atoms with Crippen LogP contribution in [0.3, 0.4) is 0 Å². The van der Waals surface area contributed by atoms with Crippen molar-refractivity contribution in [1.29, 1.82) is 0 Å². The zero-order valence-electron chi connectivity index (χ0n) is 21.3. The lowest BCUT2D eigenvalue weighted by Gasteiger charge is -2.29. The quantitative estimate of drug-likeness (QED) is 0.407. The summed E-state index contributed by atoms with van der Waals surface area (Å²) in [6, 6.07) is 10.8. The summed E-state index contributed by atoms with van der Waals surface area (Å²) in [6.07, 6.45) is 6.76. The second-order valence-corrected chi connectivity index (χ2v) is 10.7. The number of aromatic nitrogens is 2. The molecule has 37 heavy (non-hydrogen) atoms. The first-order valence-electron chi connectivity index (χ1n) is 12.9. The van der Waals surface area contributed by atoms with E-state index < -0.39 is 11.5 Å². The van der Waals surface area contributed by atoms with Crippen molar-refractivity contribution < 1.29 is 24.2 Å². The summed E-state index contributed by atoms with van der Waals surface area (Å²) < 4.78 is 13.8. The van der Waals surface area contributed by atoms with Crippen molar-refractivity contribution in [2.45, 2.75) is 76.0 Å². The van der Waals surface area contributed by atoms with Crippen molar-refractivity contribution >= 4 is 17.3 Å². The molecule has 0 atom stereocenters. The molecule has 2 amide bonds. The van der Waals surface area contributed by atoms with Gasteiger partial charge in [0.25, 0.3) is 11.8 Å². The molecule has 196 valence electrons. The summed E-state index contributed by atoms with van der Waals surface area (Å²) >= 11 is 0. The van der Waals surface area contributed by atoms with E-state index in [2.05, 4.69) is 10.4 Å². The van der Waals surface area contributed by atoms with Crippen LogP contribution in [0.4, 0.5) is 0 Å². The molecule has 2 heterocycles. The zero-order valence-corrected chi connectivity index (χ0v) is 21.3. The van der Waals surface area contributed by atoms with E-state index in [0.29, 0.717) is 28.5 Å². The standard InChI is InChI=1S/C28H34N4O5/c1-28(2,35)16-36-24-14-13-22-21(15-30-32(22)25(24)17-7-8-17)27(34)31-18-9-11-19(12-10-18)37-23-6-4-3-5-20(23)26(29)33/h3-6,13-15,17-19,35H,7-12,16H2,1-2H3,(H2,29,33)(H,31,34)/t18-,19-.